The lowest BCUT2D eigenvalue weighted by molar-refractivity contribution is -0.375. The second-order valence-corrected chi connectivity index (χ2v) is 2.45. The molecule has 6 nitrogen and oxygen atoms in total. The Bertz CT molecular complexity index is 380. The molecule has 1 aromatic rings. The molecule has 13 heavy (non-hydrogen) atoms. The molecule has 0 atom stereocenters. The fraction of sp³-hybridized carbons (Fsp3) is 0.143. The second kappa shape index (κ2) is 3.18. The van der Waals surface area contributed by atoms with Gasteiger partial charge in [0.2, 0.25) is 5.69 Å². The molecule has 0 aliphatic heterocycles. The number of hydrogen-bond donors (Lipinski definition) is 0. The van der Waals surface area contributed by atoms with Crippen molar-refractivity contribution in [2.75, 3.05) is 0 Å². The first-order valence-electron chi connectivity index (χ1n) is 3.36. The molecule has 0 bridgehead atoms. The Hall–Kier alpha value is -1.98. The third kappa shape index (κ3) is 1.61. The summed E-state index contributed by atoms with van der Waals surface area (Å²) in [7, 11) is 0. The van der Waals surface area contributed by atoms with Crippen LogP contribution in [0.5, 0.6) is 0 Å². The predicted molar refractivity (Wildman–Crippen MR) is 45.0 cm³/mol. The zero-order valence-corrected chi connectivity index (χ0v) is 6.98. The van der Waals surface area contributed by atoms with Crippen LogP contribution in [0.1, 0.15) is 18.3 Å². The Morgan fingerprint density at radius 2 is 2.00 bits per heavy atom. The maximum Gasteiger partial charge on any atom is 0.293 e. The lowest BCUT2D eigenvalue weighted by Crippen LogP contribution is -1.99. The Morgan fingerprint density at radius 3 is 2.46 bits per heavy atom. The van der Waals surface area contributed by atoms with Crippen LogP contribution in [0.2, 0.25) is 0 Å². The van der Waals surface area contributed by atoms with Gasteiger partial charge in [-0.25, -0.2) is 4.63 Å². The number of allylic oxidation sites excluding steroid dienone is 1. The van der Waals surface area contributed by atoms with E-state index in [0.717, 1.165) is 0 Å². The van der Waals surface area contributed by atoms with E-state index in [4.69, 9.17) is 0 Å². The van der Waals surface area contributed by atoms with Gasteiger partial charge in [0, 0.05) is 0 Å². The highest BCUT2D eigenvalue weighted by Gasteiger charge is 2.21. The van der Waals surface area contributed by atoms with Crippen molar-refractivity contribution < 1.29 is 9.55 Å². The zero-order chi connectivity index (χ0) is 10.0. The number of hydrogen-bond acceptors (Lipinski definition) is 5. The summed E-state index contributed by atoms with van der Waals surface area (Å²) >= 11 is 0. The molecule has 0 spiro atoms. The SMILES string of the molecule is C=C(C)c1nonc1C(=C)[N+](=O)[O-]. The molecule has 0 aliphatic carbocycles. The van der Waals surface area contributed by atoms with E-state index in [1.807, 2.05) is 0 Å². The summed E-state index contributed by atoms with van der Waals surface area (Å²) in [4.78, 5) is 9.69. The summed E-state index contributed by atoms with van der Waals surface area (Å²) in [5.41, 5.74) is 0.484. The highest BCUT2D eigenvalue weighted by Crippen LogP contribution is 2.19. The van der Waals surface area contributed by atoms with E-state index in [-0.39, 0.29) is 17.1 Å². The van der Waals surface area contributed by atoms with Crippen molar-refractivity contribution in [1.82, 2.24) is 10.3 Å². The van der Waals surface area contributed by atoms with Crippen LogP contribution in [-0.4, -0.2) is 15.2 Å². The van der Waals surface area contributed by atoms with Gasteiger partial charge in [0.1, 0.15) is 5.69 Å². The van der Waals surface area contributed by atoms with E-state index in [9.17, 15) is 10.1 Å². The first-order valence-corrected chi connectivity index (χ1v) is 3.36. The van der Waals surface area contributed by atoms with E-state index in [1.165, 1.54) is 0 Å². The molecule has 0 N–H and O–H groups in total. The summed E-state index contributed by atoms with van der Waals surface area (Å²) in [6.45, 7) is 8.46. The van der Waals surface area contributed by atoms with Crippen molar-refractivity contribution in [3.63, 3.8) is 0 Å². The molecule has 1 aromatic heterocycles. The lowest BCUT2D eigenvalue weighted by Gasteiger charge is -1.93. The molecule has 0 radical (unpaired) electrons. The molecule has 1 rings (SSSR count). The van der Waals surface area contributed by atoms with Crippen molar-refractivity contribution in [2.45, 2.75) is 6.92 Å². The summed E-state index contributed by atoms with van der Waals surface area (Å²) in [5.74, 6) is 0. The molecule has 0 unspecified atom stereocenters. The Labute approximate surface area is 73.7 Å². The van der Waals surface area contributed by atoms with Gasteiger partial charge in [-0.05, 0) is 29.4 Å². The predicted octanol–water partition coefficient (Wildman–Crippen LogP) is 1.35. The fourth-order valence-corrected chi connectivity index (χ4v) is 0.744. The van der Waals surface area contributed by atoms with Crippen molar-refractivity contribution in [2.24, 2.45) is 0 Å². The molecule has 0 aliphatic rings. The van der Waals surface area contributed by atoms with E-state index >= 15 is 0 Å². The molecule has 0 saturated heterocycles. The molecule has 0 saturated carbocycles. The van der Waals surface area contributed by atoms with E-state index in [2.05, 4.69) is 28.1 Å². The molecule has 0 amide bonds. The van der Waals surface area contributed by atoms with Crippen molar-refractivity contribution in [3.05, 3.63) is 34.7 Å². The maximum absolute atomic E-state index is 10.3. The second-order valence-electron chi connectivity index (χ2n) is 2.45. The Kier molecular flexibility index (Phi) is 2.23. The van der Waals surface area contributed by atoms with Gasteiger partial charge in [-0.1, -0.05) is 6.58 Å². The van der Waals surface area contributed by atoms with Gasteiger partial charge in [0.05, 0.1) is 4.92 Å². The van der Waals surface area contributed by atoms with Crippen LogP contribution in [-0.2, 0) is 0 Å². The first-order chi connectivity index (χ1) is 6.04. The highest BCUT2D eigenvalue weighted by atomic mass is 16.6. The third-order valence-corrected chi connectivity index (χ3v) is 1.39. The smallest absolute Gasteiger partial charge is 0.258 e. The molecular weight excluding hydrogens is 174 g/mol. The summed E-state index contributed by atoms with van der Waals surface area (Å²) < 4.78 is 4.35. The molecule has 68 valence electrons. The van der Waals surface area contributed by atoms with Crippen LogP contribution in [0.3, 0.4) is 0 Å². The van der Waals surface area contributed by atoms with Crippen LogP contribution in [0.15, 0.2) is 17.8 Å². The van der Waals surface area contributed by atoms with Gasteiger partial charge in [0.25, 0.3) is 5.70 Å². The standard InChI is InChI=1S/C7H7N3O3/c1-4(2)6-7(9-13-8-6)5(3)10(11)12/h1,3H2,2H3. The first kappa shape index (κ1) is 9.11. The topological polar surface area (TPSA) is 82.1 Å². The van der Waals surface area contributed by atoms with E-state index in [1.54, 1.807) is 6.92 Å². The third-order valence-electron chi connectivity index (χ3n) is 1.39. The largest absolute Gasteiger partial charge is 0.293 e. The normalized spacial score (nSPS) is 9.62. The van der Waals surface area contributed by atoms with Crippen molar-refractivity contribution in [3.8, 4) is 0 Å². The highest BCUT2D eigenvalue weighted by molar-refractivity contribution is 5.68. The maximum atomic E-state index is 10.3. The minimum atomic E-state index is -0.647. The van der Waals surface area contributed by atoms with E-state index < -0.39 is 4.92 Å². The Morgan fingerprint density at radius 1 is 1.46 bits per heavy atom. The quantitative estimate of drug-likeness (QED) is 0.519. The average molecular weight is 181 g/mol. The van der Waals surface area contributed by atoms with Gasteiger partial charge in [0.15, 0.2) is 0 Å². The molecule has 0 fully saturated rings. The van der Waals surface area contributed by atoms with Crippen LogP contribution in [0, 0.1) is 10.1 Å². The van der Waals surface area contributed by atoms with Crippen molar-refractivity contribution in [1.29, 1.82) is 0 Å². The Balaban J connectivity index is 3.15. The molecule has 0 aromatic carbocycles. The number of nitro groups is 1. The van der Waals surface area contributed by atoms with Crippen LogP contribution in [0.4, 0.5) is 0 Å². The van der Waals surface area contributed by atoms with Crippen molar-refractivity contribution >= 4 is 11.3 Å². The molecule has 1 heterocycles. The molecular formula is C7H7N3O3. The van der Waals surface area contributed by atoms with Gasteiger partial charge in [-0.2, -0.15) is 0 Å². The number of nitrogens with zero attached hydrogens (tertiary/aromatic N) is 3. The van der Waals surface area contributed by atoms with E-state index in [0.29, 0.717) is 5.57 Å². The summed E-state index contributed by atoms with van der Waals surface area (Å²) in [5, 5.41) is 17.2. The average Bonchev–Trinajstić information content (AvgIpc) is 2.50. The number of aromatic nitrogens is 2. The number of rotatable bonds is 3. The molecule has 6 heteroatoms. The summed E-state index contributed by atoms with van der Waals surface area (Å²) in [6, 6.07) is 0. The minimum Gasteiger partial charge on any atom is -0.258 e. The zero-order valence-electron chi connectivity index (χ0n) is 6.98. The van der Waals surface area contributed by atoms with Gasteiger partial charge in [-0.15, -0.1) is 0 Å². The fourth-order valence-electron chi connectivity index (χ4n) is 0.744. The monoisotopic (exact) mass is 181 g/mol. The van der Waals surface area contributed by atoms with Gasteiger partial charge < -0.3 is 0 Å². The summed E-state index contributed by atoms with van der Waals surface area (Å²) in [6.07, 6.45) is 0. The van der Waals surface area contributed by atoms with Crippen LogP contribution >= 0.6 is 0 Å². The minimum absolute atomic E-state index is 0.0255. The van der Waals surface area contributed by atoms with Crippen LogP contribution < -0.4 is 0 Å². The lowest BCUT2D eigenvalue weighted by atomic mass is 10.2. The van der Waals surface area contributed by atoms with Gasteiger partial charge in [-0.3, -0.25) is 10.1 Å². The van der Waals surface area contributed by atoms with Crippen LogP contribution in [0.25, 0.3) is 11.3 Å². The van der Waals surface area contributed by atoms with Gasteiger partial charge >= 0.3 is 0 Å².